The summed E-state index contributed by atoms with van der Waals surface area (Å²) in [7, 11) is 0. The first kappa shape index (κ1) is 14.3. The smallest absolute Gasteiger partial charge is 0.115 e. The van der Waals surface area contributed by atoms with Gasteiger partial charge in [0.15, 0.2) is 0 Å². The third kappa shape index (κ3) is 3.05. The summed E-state index contributed by atoms with van der Waals surface area (Å²) in [5.74, 6) is 0. The van der Waals surface area contributed by atoms with Crippen LogP contribution in [-0.4, -0.2) is 24.7 Å². The molecule has 0 fully saturated rings. The fraction of sp³-hybridized carbons (Fsp3) is 0.0526. The van der Waals surface area contributed by atoms with Gasteiger partial charge in [0.1, 0.15) is 6.33 Å². The van der Waals surface area contributed by atoms with Gasteiger partial charge in [-0.3, -0.25) is 9.67 Å². The predicted octanol–water partition coefficient (Wildman–Crippen LogP) is 3.45. The lowest BCUT2D eigenvalue weighted by Gasteiger charge is -2.03. The van der Waals surface area contributed by atoms with Crippen molar-refractivity contribution in [1.82, 2.24) is 24.7 Å². The van der Waals surface area contributed by atoms with Crippen molar-refractivity contribution in [2.45, 2.75) is 6.54 Å². The zero-order valence-electron chi connectivity index (χ0n) is 12.9. The van der Waals surface area contributed by atoms with E-state index in [-0.39, 0.29) is 0 Å². The fourth-order valence-electron chi connectivity index (χ4n) is 2.57. The quantitative estimate of drug-likeness (QED) is 0.579. The van der Waals surface area contributed by atoms with Crippen LogP contribution in [0.1, 0.15) is 5.69 Å². The second-order valence-electron chi connectivity index (χ2n) is 5.43. The minimum Gasteiger partial charge on any atom is -0.266 e. The van der Waals surface area contributed by atoms with Crippen LogP contribution in [0.2, 0.25) is 0 Å². The summed E-state index contributed by atoms with van der Waals surface area (Å²) in [6.07, 6.45) is 8.93. The van der Waals surface area contributed by atoms with E-state index in [1.165, 1.54) is 6.33 Å². The van der Waals surface area contributed by atoms with E-state index in [2.05, 4.69) is 32.2 Å². The Kier molecular flexibility index (Phi) is 3.81. The van der Waals surface area contributed by atoms with Gasteiger partial charge in [-0.2, -0.15) is 5.10 Å². The second-order valence-corrected chi connectivity index (χ2v) is 5.43. The maximum atomic E-state index is 4.66. The average molecular weight is 313 g/mol. The third-order valence-corrected chi connectivity index (χ3v) is 3.74. The highest BCUT2D eigenvalue weighted by molar-refractivity contribution is 5.70. The van der Waals surface area contributed by atoms with Gasteiger partial charge >= 0.3 is 0 Å². The highest BCUT2D eigenvalue weighted by Crippen LogP contribution is 2.24. The van der Waals surface area contributed by atoms with Crippen LogP contribution in [0.15, 0.2) is 79.6 Å². The molecule has 0 aliphatic carbocycles. The molecule has 0 aliphatic heterocycles. The molecule has 3 aromatic heterocycles. The Hall–Kier alpha value is -3.34. The molecule has 4 rings (SSSR count). The van der Waals surface area contributed by atoms with E-state index < -0.39 is 0 Å². The Bertz CT molecular complexity index is 932. The Labute approximate surface area is 139 Å². The number of hydrogen-bond donors (Lipinski definition) is 0. The molecule has 1 aromatic carbocycles. The van der Waals surface area contributed by atoms with Gasteiger partial charge in [0.25, 0.3) is 0 Å². The molecular formula is C19H15N5. The molecule has 0 amide bonds. The van der Waals surface area contributed by atoms with Crippen LogP contribution in [0, 0.1) is 0 Å². The lowest BCUT2D eigenvalue weighted by Crippen LogP contribution is -2.01. The Balaban J connectivity index is 1.61. The van der Waals surface area contributed by atoms with Gasteiger partial charge in [0.2, 0.25) is 0 Å². The first-order valence-corrected chi connectivity index (χ1v) is 7.68. The largest absolute Gasteiger partial charge is 0.266 e. The molecule has 116 valence electrons. The zero-order valence-corrected chi connectivity index (χ0v) is 12.9. The first-order valence-electron chi connectivity index (χ1n) is 7.68. The van der Waals surface area contributed by atoms with Crippen molar-refractivity contribution in [2.24, 2.45) is 0 Å². The molecule has 3 heterocycles. The lowest BCUT2D eigenvalue weighted by molar-refractivity contribution is 0.675. The summed E-state index contributed by atoms with van der Waals surface area (Å²) >= 11 is 0. The van der Waals surface area contributed by atoms with Crippen LogP contribution in [-0.2, 0) is 6.54 Å². The Morgan fingerprint density at radius 1 is 0.833 bits per heavy atom. The number of rotatable bonds is 4. The summed E-state index contributed by atoms with van der Waals surface area (Å²) in [6.45, 7) is 0.660. The second kappa shape index (κ2) is 6.42. The van der Waals surface area contributed by atoms with Gasteiger partial charge in [-0.15, -0.1) is 0 Å². The van der Waals surface area contributed by atoms with Crippen LogP contribution >= 0.6 is 0 Å². The molecule has 0 unspecified atom stereocenters. The Morgan fingerprint density at radius 3 is 2.54 bits per heavy atom. The van der Waals surface area contributed by atoms with Gasteiger partial charge < -0.3 is 0 Å². The van der Waals surface area contributed by atoms with Crippen molar-refractivity contribution in [3.63, 3.8) is 0 Å². The van der Waals surface area contributed by atoms with Gasteiger partial charge in [-0.1, -0.05) is 24.3 Å². The minimum atomic E-state index is 0.660. The molecule has 0 bridgehead atoms. The maximum absolute atomic E-state index is 4.66. The summed E-state index contributed by atoms with van der Waals surface area (Å²) in [6, 6.07) is 16.1. The number of hydrogen-bond acceptors (Lipinski definition) is 4. The van der Waals surface area contributed by atoms with Crippen LogP contribution in [0.5, 0.6) is 0 Å². The van der Waals surface area contributed by atoms with Crippen LogP contribution in [0.25, 0.3) is 22.4 Å². The summed E-state index contributed by atoms with van der Waals surface area (Å²) < 4.78 is 1.90. The molecule has 0 saturated heterocycles. The maximum Gasteiger partial charge on any atom is 0.115 e. The van der Waals surface area contributed by atoms with E-state index in [4.69, 9.17) is 0 Å². The monoisotopic (exact) mass is 313 g/mol. The van der Waals surface area contributed by atoms with Crippen molar-refractivity contribution in [3.8, 4) is 22.4 Å². The summed E-state index contributed by atoms with van der Waals surface area (Å²) in [5, 5.41) is 4.66. The number of aromatic nitrogens is 5. The summed E-state index contributed by atoms with van der Waals surface area (Å²) in [4.78, 5) is 12.5. The molecule has 0 N–H and O–H groups in total. The minimum absolute atomic E-state index is 0.660. The fourth-order valence-corrected chi connectivity index (χ4v) is 2.57. The van der Waals surface area contributed by atoms with E-state index >= 15 is 0 Å². The van der Waals surface area contributed by atoms with Crippen molar-refractivity contribution in [2.75, 3.05) is 0 Å². The Morgan fingerprint density at radius 2 is 1.71 bits per heavy atom. The van der Waals surface area contributed by atoms with Crippen molar-refractivity contribution in [3.05, 3.63) is 85.3 Å². The normalized spacial score (nSPS) is 10.7. The molecule has 5 nitrogen and oxygen atoms in total. The van der Waals surface area contributed by atoms with E-state index in [1.807, 2.05) is 59.7 Å². The van der Waals surface area contributed by atoms with E-state index in [0.29, 0.717) is 6.54 Å². The van der Waals surface area contributed by atoms with Gasteiger partial charge in [0.05, 0.1) is 17.9 Å². The van der Waals surface area contributed by atoms with Crippen LogP contribution in [0.3, 0.4) is 0 Å². The summed E-state index contributed by atoms with van der Waals surface area (Å²) in [5.41, 5.74) is 5.06. The third-order valence-electron chi connectivity index (χ3n) is 3.74. The highest BCUT2D eigenvalue weighted by atomic mass is 15.3. The lowest BCUT2D eigenvalue weighted by atomic mass is 10.0. The highest BCUT2D eigenvalue weighted by Gasteiger charge is 2.06. The van der Waals surface area contributed by atoms with Gasteiger partial charge in [-0.05, 0) is 29.8 Å². The van der Waals surface area contributed by atoms with Gasteiger partial charge in [0, 0.05) is 35.9 Å². The van der Waals surface area contributed by atoms with E-state index in [1.54, 1.807) is 6.20 Å². The standard InChI is InChI=1S/C19H15N5/c1-2-8-22-18(6-1)13-24-9-7-19(23-24)16-5-3-4-15(10-16)17-11-20-14-21-12-17/h1-12,14H,13H2. The zero-order chi connectivity index (χ0) is 16.2. The van der Waals surface area contributed by atoms with Gasteiger partial charge in [-0.25, -0.2) is 9.97 Å². The molecule has 5 heteroatoms. The molecule has 0 spiro atoms. The van der Waals surface area contributed by atoms with Crippen molar-refractivity contribution < 1.29 is 0 Å². The SMILES string of the molecule is c1ccc(Cn2ccc(-c3cccc(-c4cncnc4)c3)n2)nc1. The molecule has 4 aromatic rings. The van der Waals surface area contributed by atoms with E-state index in [9.17, 15) is 0 Å². The number of benzene rings is 1. The molecular weight excluding hydrogens is 298 g/mol. The molecule has 0 radical (unpaired) electrons. The number of nitrogens with zero attached hydrogens (tertiary/aromatic N) is 5. The van der Waals surface area contributed by atoms with Crippen molar-refractivity contribution in [1.29, 1.82) is 0 Å². The van der Waals surface area contributed by atoms with Crippen LogP contribution < -0.4 is 0 Å². The topological polar surface area (TPSA) is 56.5 Å². The number of pyridine rings is 1. The van der Waals surface area contributed by atoms with Crippen molar-refractivity contribution >= 4 is 0 Å². The molecule has 0 aliphatic rings. The van der Waals surface area contributed by atoms with Crippen LogP contribution in [0.4, 0.5) is 0 Å². The molecule has 24 heavy (non-hydrogen) atoms. The molecule has 0 saturated carbocycles. The average Bonchev–Trinajstić information content (AvgIpc) is 3.12. The molecule has 0 atom stereocenters. The predicted molar refractivity (Wildman–Crippen MR) is 92.0 cm³/mol. The first-order chi connectivity index (χ1) is 11.9. The van der Waals surface area contributed by atoms with E-state index in [0.717, 1.165) is 28.1 Å².